The van der Waals surface area contributed by atoms with Crippen LogP contribution in [0.3, 0.4) is 0 Å². The molecule has 3 aromatic rings. The summed E-state index contributed by atoms with van der Waals surface area (Å²) in [6.45, 7) is 0. The summed E-state index contributed by atoms with van der Waals surface area (Å²) in [6, 6.07) is 14.0. The number of carbonyl (C=O) groups is 1. The molecule has 0 saturated heterocycles. The van der Waals surface area contributed by atoms with E-state index < -0.39 is 9.84 Å². The average molecular weight is 373 g/mol. The van der Waals surface area contributed by atoms with Gasteiger partial charge < -0.3 is 5.32 Å². The number of hydrogen-bond acceptors (Lipinski definition) is 6. The Hall–Kier alpha value is -2.58. The highest BCUT2D eigenvalue weighted by molar-refractivity contribution is 7.90. The van der Waals surface area contributed by atoms with E-state index in [-0.39, 0.29) is 10.9 Å². The van der Waals surface area contributed by atoms with Gasteiger partial charge in [0.15, 0.2) is 14.9 Å². The quantitative estimate of drug-likeness (QED) is 0.743. The first-order valence-electron chi connectivity index (χ1n) is 7.38. The van der Waals surface area contributed by atoms with Crippen molar-refractivity contribution in [3.05, 3.63) is 58.8 Å². The van der Waals surface area contributed by atoms with Gasteiger partial charge in [0.05, 0.1) is 12.1 Å². The minimum Gasteiger partial charge on any atom is -0.326 e. The lowest BCUT2D eigenvalue weighted by molar-refractivity contribution is -0.115. The van der Waals surface area contributed by atoms with Gasteiger partial charge in [0.2, 0.25) is 5.91 Å². The van der Waals surface area contributed by atoms with Crippen LogP contribution in [0.4, 0.5) is 5.69 Å². The molecule has 0 spiro atoms. The maximum Gasteiger partial charge on any atom is 0.229 e. The zero-order valence-corrected chi connectivity index (χ0v) is 15.0. The molecule has 1 N–H and O–H groups in total. The molecule has 128 valence electrons. The maximum absolute atomic E-state index is 12.0. The lowest BCUT2D eigenvalue weighted by Crippen LogP contribution is -2.13. The highest BCUT2D eigenvalue weighted by Gasteiger charge is 2.10. The van der Waals surface area contributed by atoms with Gasteiger partial charge in [0.25, 0.3) is 0 Å². The second kappa shape index (κ2) is 7.12. The van der Waals surface area contributed by atoms with Crippen LogP contribution in [-0.4, -0.2) is 30.8 Å². The third kappa shape index (κ3) is 4.49. The topological polar surface area (TPSA) is 89.0 Å². The molecule has 1 aromatic carbocycles. The van der Waals surface area contributed by atoms with Crippen molar-refractivity contribution >= 4 is 32.8 Å². The van der Waals surface area contributed by atoms with Crippen LogP contribution < -0.4 is 5.32 Å². The summed E-state index contributed by atoms with van der Waals surface area (Å²) in [4.78, 5) is 13.0. The molecule has 0 aliphatic rings. The summed E-state index contributed by atoms with van der Waals surface area (Å²) < 4.78 is 22.8. The molecule has 0 saturated carbocycles. The van der Waals surface area contributed by atoms with Gasteiger partial charge in [-0.1, -0.05) is 18.2 Å². The number of rotatable bonds is 5. The molecule has 0 atom stereocenters. The smallest absolute Gasteiger partial charge is 0.229 e. The van der Waals surface area contributed by atoms with Gasteiger partial charge in [0, 0.05) is 22.4 Å². The fourth-order valence-electron chi connectivity index (χ4n) is 2.17. The monoisotopic (exact) mass is 373 g/mol. The highest BCUT2D eigenvalue weighted by atomic mass is 32.2. The van der Waals surface area contributed by atoms with Crippen LogP contribution in [0.1, 0.15) is 4.88 Å². The van der Waals surface area contributed by atoms with Crippen molar-refractivity contribution in [2.75, 3.05) is 11.6 Å². The van der Waals surface area contributed by atoms with E-state index in [1.165, 1.54) is 6.07 Å². The van der Waals surface area contributed by atoms with E-state index in [1.807, 2.05) is 17.5 Å². The van der Waals surface area contributed by atoms with Gasteiger partial charge in [-0.15, -0.1) is 21.5 Å². The molecule has 0 radical (unpaired) electrons. The molecule has 3 rings (SSSR count). The molecular formula is C17H15N3O3S2. The first-order valence-corrected chi connectivity index (χ1v) is 10.2. The largest absolute Gasteiger partial charge is 0.326 e. The standard InChI is InChI=1S/C17H15N3O3S2/c1-25(22,23)17-9-8-15(19-20-17)12-4-6-13(7-5-12)18-16(21)11-14-3-2-10-24-14/h2-10H,11H2,1H3,(H,18,21). The van der Waals surface area contributed by atoms with Gasteiger partial charge in [-0.2, -0.15) is 0 Å². The number of nitrogens with zero attached hydrogens (tertiary/aromatic N) is 2. The number of amides is 1. The Kier molecular flexibility index (Phi) is 4.91. The Labute approximate surface area is 149 Å². The predicted molar refractivity (Wildman–Crippen MR) is 97.2 cm³/mol. The number of nitrogens with one attached hydrogen (secondary N) is 1. The van der Waals surface area contributed by atoms with Gasteiger partial charge >= 0.3 is 0 Å². The van der Waals surface area contributed by atoms with Crippen molar-refractivity contribution in [1.29, 1.82) is 0 Å². The zero-order chi connectivity index (χ0) is 17.9. The van der Waals surface area contributed by atoms with Crippen LogP contribution in [0.15, 0.2) is 58.9 Å². The van der Waals surface area contributed by atoms with Crippen molar-refractivity contribution in [1.82, 2.24) is 10.2 Å². The molecule has 8 heteroatoms. The summed E-state index contributed by atoms with van der Waals surface area (Å²) >= 11 is 1.55. The SMILES string of the molecule is CS(=O)(=O)c1ccc(-c2ccc(NC(=O)Cc3cccs3)cc2)nn1. The number of benzene rings is 1. The molecule has 6 nitrogen and oxygen atoms in total. The zero-order valence-electron chi connectivity index (χ0n) is 13.3. The summed E-state index contributed by atoms with van der Waals surface area (Å²) in [6.07, 6.45) is 1.43. The number of aromatic nitrogens is 2. The number of hydrogen-bond donors (Lipinski definition) is 1. The summed E-state index contributed by atoms with van der Waals surface area (Å²) in [5.41, 5.74) is 2.03. The number of anilines is 1. The molecule has 0 bridgehead atoms. The molecule has 1 amide bonds. The van der Waals surface area contributed by atoms with E-state index in [0.717, 1.165) is 16.7 Å². The Morgan fingerprint density at radius 1 is 1.08 bits per heavy atom. The van der Waals surface area contributed by atoms with E-state index >= 15 is 0 Å². The fraction of sp³-hybridized carbons (Fsp3) is 0.118. The minimum atomic E-state index is -3.36. The first-order chi connectivity index (χ1) is 11.9. The Morgan fingerprint density at radius 3 is 2.40 bits per heavy atom. The highest BCUT2D eigenvalue weighted by Crippen LogP contribution is 2.20. The van der Waals surface area contributed by atoms with Crippen LogP contribution in [-0.2, 0) is 21.1 Å². The summed E-state index contributed by atoms with van der Waals surface area (Å²) in [5.74, 6) is -0.0764. The van der Waals surface area contributed by atoms with E-state index in [0.29, 0.717) is 17.8 Å². The predicted octanol–water partition coefficient (Wildman–Crippen LogP) is 2.79. The summed E-state index contributed by atoms with van der Waals surface area (Å²) in [7, 11) is -3.36. The van der Waals surface area contributed by atoms with E-state index in [9.17, 15) is 13.2 Å². The van der Waals surface area contributed by atoms with Crippen molar-refractivity contribution in [2.24, 2.45) is 0 Å². The number of carbonyl (C=O) groups excluding carboxylic acids is 1. The number of thiophene rings is 1. The number of sulfone groups is 1. The molecule has 2 aromatic heterocycles. The second-order valence-electron chi connectivity index (χ2n) is 5.41. The third-order valence-corrected chi connectivity index (χ3v) is 5.25. The molecule has 0 unspecified atom stereocenters. The van der Waals surface area contributed by atoms with Crippen LogP contribution >= 0.6 is 11.3 Å². The van der Waals surface area contributed by atoms with Crippen LogP contribution in [0.25, 0.3) is 11.3 Å². The van der Waals surface area contributed by atoms with E-state index in [1.54, 1.807) is 41.7 Å². The molecular weight excluding hydrogens is 358 g/mol. The third-order valence-electron chi connectivity index (χ3n) is 3.40. The lowest BCUT2D eigenvalue weighted by Gasteiger charge is -2.06. The van der Waals surface area contributed by atoms with Crippen LogP contribution in [0.2, 0.25) is 0 Å². The first kappa shape index (κ1) is 17.2. The summed E-state index contributed by atoms with van der Waals surface area (Å²) in [5, 5.41) is 12.4. The van der Waals surface area contributed by atoms with Crippen molar-refractivity contribution in [3.63, 3.8) is 0 Å². The molecule has 25 heavy (non-hydrogen) atoms. The van der Waals surface area contributed by atoms with E-state index in [2.05, 4.69) is 15.5 Å². The Morgan fingerprint density at radius 2 is 1.84 bits per heavy atom. The molecule has 2 heterocycles. The molecule has 0 fully saturated rings. The van der Waals surface area contributed by atoms with Gasteiger partial charge in [-0.25, -0.2) is 8.42 Å². The van der Waals surface area contributed by atoms with Crippen LogP contribution in [0, 0.1) is 0 Å². The Bertz CT molecular complexity index is 965. The maximum atomic E-state index is 12.0. The second-order valence-corrected chi connectivity index (χ2v) is 8.41. The van der Waals surface area contributed by atoms with Crippen LogP contribution in [0.5, 0.6) is 0 Å². The molecule has 0 aliphatic carbocycles. The molecule has 0 aliphatic heterocycles. The van der Waals surface area contributed by atoms with Crippen molar-refractivity contribution < 1.29 is 13.2 Å². The van der Waals surface area contributed by atoms with Crippen molar-refractivity contribution in [3.8, 4) is 11.3 Å². The van der Waals surface area contributed by atoms with Crippen molar-refractivity contribution in [2.45, 2.75) is 11.4 Å². The lowest BCUT2D eigenvalue weighted by atomic mass is 10.1. The normalized spacial score (nSPS) is 11.2. The van der Waals surface area contributed by atoms with E-state index in [4.69, 9.17) is 0 Å². The van der Waals surface area contributed by atoms with Gasteiger partial charge in [-0.3, -0.25) is 4.79 Å². The minimum absolute atomic E-state index is 0.0614. The average Bonchev–Trinajstić information content (AvgIpc) is 3.08. The van der Waals surface area contributed by atoms with Gasteiger partial charge in [0.1, 0.15) is 0 Å². The Balaban J connectivity index is 1.68. The van der Waals surface area contributed by atoms with Gasteiger partial charge in [-0.05, 0) is 35.7 Å². The fourth-order valence-corrected chi connectivity index (χ4v) is 3.38.